The average molecular weight is 286 g/mol. The number of thiophene rings is 1. The van der Waals surface area contributed by atoms with Gasteiger partial charge in [-0.3, -0.25) is 0 Å². The highest BCUT2D eigenvalue weighted by atomic mass is 32.2. The fourth-order valence-corrected chi connectivity index (χ4v) is 3.19. The summed E-state index contributed by atoms with van der Waals surface area (Å²) in [7, 11) is -1.61. The van der Waals surface area contributed by atoms with Crippen LogP contribution in [0.1, 0.15) is 24.3 Å². The molecule has 0 amide bonds. The molecule has 18 heavy (non-hydrogen) atoms. The van der Waals surface area contributed by atoms with E-state index >= 15 is 0 Å². The van der Waals surface area contributed by atoms with Gasteiger partial charge in [-0.05, 0) is 30.9 Å². The molecular formula is C12H18N2O2S2. The zero-order valence-electron chi connectivity index (χ0n) is 10.8. The minimum absolute atomic E-state index is 0.328. The maximum Gasteiger partial charge on any atom is 0.216 e. The molecule has 0 aliphatic heterocycles. The van der Waals surface area contributed by atoms with Gasteiger partial charge in [0.15, 0.2) is 0 Å². The van der Waals surface area contributed by atoms with Crippen molar-refractivity contribution in [3.8, 4) is 11.8 Å². The normalized spacial score (nSPS) is 11.7. The molecule has 0 spiro atoms. The molecule has 0 bridgehead atoms. The van der Waals surface area contributed by atoms with Crippen molar-refractivity contribution in [2.24, 2.45) is 5.73 Å². The Morgan fingerprint density at radius 3 is 2.72 bits per heavy atom. The van der Waals surface area contributed by atoms with Gasteiger partial charge in [0.25, 0.3) is 0 Å². The first-order valence-electron chi connectivity index (χ1n) is 5.59. The molecular weight excluding hydrogens is 268 g/mol. The predicted molar refractivity (Wildman–Crippen MR) is 75.8 cm³/mol. The smallest absolute Gasteiger partial charge is 0.216 e. The number of hydrogen-bond donors (Lipinski definition) is 1. The Hall–Kier alpha value is -0.870. The van der Waals surface area contributed by atoms with E-state index in [1.807, 2.05) is 11.4 Å². The van der Waals surface area contributed by atoms with Gasteiger partial charge in [-0.1, -0.05) is 11.8 Å². The van der Waals surface area contributed by atoms with Crippen LogP contribution in [-0.2, 0) is 16.6 Å². The molecule has 4 nitrogen and oxygen atoms in total. The summed E-state index contributed by atoms with van der Waals surface area (Å²) in [6.45, 7) is 4.06. The Morgan fingerprint density at radius 2 is 2.17 bits per heavy atom. The molecule has 0 saturated carbocycles. The standard InChI is InChI=1S/C12H18N2O2S2/c1-10(2)18(15,16)14(3)8-11-7-12(17-9-11)5-4-6-13/h7,9-10H,6,8,13H2,1-3H3. The third-order valence-corrected chi connectivity index (χ3v) is 5.49. The number of nitrogens with two attached hydrogens (primary N) is 1. The third-order valence-electron chi connectivity index (χ3n) is 2.40. The van der Waals surface area contributed by atoms with Crippen molar-refractivity contribution >= 4 is 21.4 Å². The summed E-state index contributed by atoms with van der Waals surface area (Å²) in [6, 6.07) is 1.90. The molecule has 0 saturated heterocycles. The number of rotatable bonds is 4. The van der Waals surface area contributed by atoms with E-state index in [2.05, 4.69) is 11.8 Å². The summed E-state index contributed by atoms with van der Waals surface area (Å²) in [5, 5.41) is 1.52. The van der Waals surface area contributed by atoms with Gasteiger partial charge >= 0.3 is 0 Å². The molecule has 0 unspecified atom stereocenters. The molecule has 1 heterocycles. The number of sulfonamides is 1. The Morgan fingerprint density at radius 1 is 1.50 bits per heavy atom. The van der Waals surface area contributed by atoms with Crippen LogP contribution in [0, 0.1) is 11.8 Å². The quantitative estimate of drug-likeness (QED) is 0.847. The lowest BCUT2D eigenvalue weighted by Crippen LogP contribution is -2.32. The average Bonchev–Trinajstić information content (AvgIpc) is 2.73. The van der Waals surface area contributed by atoms with Crippen molar-refractivity contribution in [3.63, 3.8) is 0 Å². The monoisotopic (exact) mass is 286 g/mol. The van der Waals surface area contributed by atoms with E-state index in [-0.39, 0.29) is 0 Å². The van der Waals surface area contributed by atoms with Crippen LogP contribution in [-0.4, -0.2) is 31.6 Å². The van der Waals surface area contributed by atoms with E-state index in [0.29, 0.717) is 13.1 Å². The van der Waals surface area contributed by atoms with Crippen molar-refractivity contribution in [1.29, 1.82) is 0 Å². The van der Waals surface area contributed by atoms with E-state index in [4.69, 9.17) is 5.73 Å². The van der Waals surface area contributed by atoms with Crippen LogP contribution >= 0.6 is 11.3 Å². The summed E-state index contributed by atoms with van der Waals surface area (Å²) in [6.07, 6.45) is 0. The predicted octanol–water partition coefficient (Wildman–Crippen LogP) is 1.23. The van der Waals surface area contributed by atoms with Gasteiger partial charge in [-0.15, -0.1) is 11.3 Å². The lowest BCUT2D eigenvalue weighted by atomic mass is 10.3. The molecule has 1 rings (SSSR count). The van der Waals surface area contributed by atoms with Gasteiger partial charge in [0.2, 0.25) is 10.0 Å². The molecule has 100 valence electrons. The highest BCUT2D eigenvalue weighted by molar-refractivity contribution is 7.89. The van der Waals surface area contributed by atoms with Crippen LogP contribution < -0.4 is 5.73 Å². The molecule has 1 aromatic heterocycles. The summed E-state index contributed by atoms with van der Waals surface area (Å²) in [4.78, 5) is 0.908. The first kappa shape index (κ1) is 15.2. The van der Waals surface area contributed by atoms with E-state index in [1.54, 1.807) is 20.9 Å². The van der Waals surface area contributed by atoms with Crippen LogP contribution in [0.2, 0.25) is 0 Å². The number of hydrogen-bond acceptors (Lipinski definition) is 4. The lowest BCUT2D eigenvalue weighted by Gasteiger charge is -2.18. The highest BCUT2D eigenvalue weighted by Crippen LogP contribution is 2.17. The van der Waals surface area contributed by atoms with Gasteiger partial charge in [-0.2, -0.15) is 0 Å². The second-order valence-electron chi connectivity index (χ2n) is 4.17. The molecule has 1 aromatic rings. The van der Waals surface area contributed by atoms with Gasteiger partial charge in [0, 0.05) is 13.6 Å². The Bertz CT molecular complexity index is 550. The first-order valence-corrected chi connectivity index (χ1v) is 7.97. The maximum absolute atomic E-state index is 11.9. The first-order chi connectivity index (χ1) is 8.37. The summed E-state index contributed by atoms with van der Waals surface area (Å²) < 4.78 is 25.2. The Kier molecular flexibility index (Phi) is 5.35. The maximum atomic E-state index is 11.9. The van der Waals surface area contributed by atoms with Gasteiger partial charge in [0.05, 0.1) is 16.7 Å². The highest BCUT2D eigenvalue weighted by Gasteiger charge is 2.22. The van der Waals surface area contributed by atoms with Crippen LogP contribution in [0.5, 0.6) is 0 Å². The molecule has 0 aliphatic rings. The Labute approximate surface area is 113 Å². The number of nitrogens with zero attached hydrogens (tertiary/aromatic N) is 1. The minimum atomic E-state index is -3.20. The molecule has 0 radical (unpaired) electrons. The lowest BCUT2D eigenvalue weighted by molar-refractivity contribution is 0.460. The van der Waals surface area contributed by atoms with Crippen LogP contribution in [0.3, 0.4) is 0 Å². The summed E-state index contributed by atoms with van der Waals surface area (Å²) in [5.41, 5.74) is 6.25. The van der Waals surface area contributed by atoms with E-state index in [1.165, 1.54) is 15.6 Å². The topological polar surface area (TPSA) is 63.4 Å². The zero-order chi connectivity index (χ0) is 13.8. The fraction of sp³-hybridized carbons (Fsp3) is 0.500. The van der Waals surface area contributed by atoms with Crippen LogP contribution in [0.25, 0.3) is 0 Å². The van der Waals surface area contributed by atoms with Crippen molar-refractivity contribution in [1.82, 2.24) is 4.31 Å². The largest absolute Gasteiger partial charge is 0.320 e. The molecule has 0 fully saturated rings. The SMILES string of the molecule is CC(C)S(=O)(=O)N(C)Cc1csc(C#CCN)c1. The zero-order valence-corrected chi connectivity index (χ0v) is 12.4. The van der Waals surface area contributed by atoms with Crippen molar-refractivity contribution in [2.75, 3.05) is 13.6 Å². The molecule has 0 aliphatic carbocycles. The fourth-order valence-electron chi connectivity index (χ4n) is 1.37. The van der Waals surface area contributed by atoms with Crippen LogP contribution in [0.4, 0.5) is 0 Å². The molecule has 0 atom stereocenters. The summed E-state index contributed by atoms with van der Waals surface area (Å²) >= 11 is 1.50. The van der Waals surface area contributed by atoms with E-state index in [0.717, 1.165) is 10.4 Å². The minimum Gasteiger partial charge on any atom is -0.320 e. The van der Waals surface area contributed by atoms with Crippen LogP contribution in [0.15, 0.2) is 11.4 Å². The molecule has 0 aromatic carbocycles. The molecule has 2 N–H and O–H groups in total. The third kappa shape index (κ3) is 3.82. The second-order valence-corrected chi connectivity index (χ2v) is 7.68. The van der Waals surface area contributed by atoms with Crippen molar-refractivity contribution < 1.29 is 8.42 Å². The Balaban J connectivity index is 2.77. The van der Waals surface area contributed by atoms with Crippen molar-refractivity contribution in [3.05, 3.63) is 21.9 Å². The summed E-state index contributed by atoms with van der Waals surface area (Å²) in [5.74, 6) is 5.71. The van der Waals surface area contributed by atoms with Crippen molar-refractivity contribution in [2.45, 2.75) is 25.6 Å². The molecule has 6 heteroatoms. The second kappa shape index (κ2) is 6.34. The van der Waals surface area contributed by atoms with E-state index in [9.17, 15) is 8.42 Å². The van der Waals surface area contributed by atoms with Gasteiger partial charge in [0.1, 0.15) is 0 Å². The van der Waals surface area contributed by atoms with Gasteiger partial charge in [-0.25, -0.2) is 12.7 Å². The van der Waals surface area contributed by atoms with Gasteiger partial charge < -0.3 is 5.73 Å². The van der Waals surface area contributed by atoms with E-state index < -0.39 is 15.3 Å².